The van der Waals surface area contributed by atoms with Crippen molar-refractivity contribution in [3.63, 3.8) is 0 Å². The van der Waals surface area contributed by atoms with Crippen molar-refractivity contribution < 1.29 is 8.42 Å². The lowest BCUT2D eigenvalue weighted by atomic mass is 10.1. The first-order valence-electron chi connectivity index (χ1n) is 8.58. The van der Waals surface area contributed by atoms with E-state index in [1.807, 2.05) is 18.2 Å². The second-order valence-electron chi connectivity index (χ2n) is 6.40. The third kappa shape index (κ3) is 5.05. The Morgan fingerprint density at radius 1 is 1.04 bits per heavy atom. The van der Waals surface area contributed by atoms with E-state index in [2.05, 4.69) is 21.8 Å². The molecule has 0 bridgehead atoms. The van der Waals surface area contributed by atoms with E-state index in [1.54, 1.807) is 18.2 Å². The van der Waals surface area contributed by atoms with Crippen LogP contribution < -0.4 is 4.72 Å². The molecule has 1 saturated heterocycles. The van der Waals surface area contributed by atoms with Crippen molar-refractivity contribution >= 4 is 21.6 Å². The summed E-state index contributed by atoms with van der Waals surface area (Å²) in [4.78, 5) is 2.59. The number of likely N-dealkylation sites (tertiary alicyclic amines) is 1. The number of halogens is 1. The topological polar surface area (TPSA) is 49.4 Å². The van der Waals surface area contributed by atoms with Gasteiger partial charge in [0.25, 0.3) is 0 Å². The van der Waals surface area contributed by atoms with Gasteiger partial charge < -0.3 is 0 Å². The zero-order valence-electron chi connectivity index (χ0n) is 14.1. The van der Waals surface area contributed by atoms with Crippen LogP contribution in [0.1, 0.15) is 18.4 Å². The van der Waals surface area contributed by atoms with Gasteiger partial charge in [0.05, 0.1) is 4.90 Å². The van der Waals surface area contributed by atoms with Gasteiger partial charge in [0.15, 0.2) is 0 Å². The molecule has 4 nitrogen and oxygen atoms in total. The molecular formula is C19H23ClN2O2S. The predicted octanol–water partition coefficient (Wildman–Crippen LogP) is 3.33. The second-order valence-corrected chi connectivity index (χ2v) is 8.60. The number of benzene rings is 2. The summed E-state index contributed by atoms with van der Waals surface area (Å²) in [6.07, 6.45) is 3.18. The molecule has 1 fully saturated rings. The number of hydrogen-bond donors (Lipinski definition) is 1. The number of hydrogen-bond acceptors (Lipinski definition) is 3. The monoisotopic (exact) mass is 378 g/mol. The third-order valence-electron chi connectivity index (χ3n) is 4.59. The van der Waals surface area contributed by atoms with E-state index in [4.69, 9.17) is 11.6 Å². The van der Waals surface area contributed by atoms with Crippen molar-refractivity contribution in [3.05, 3.63) is 65.2 Å². The molecule has 1 N–H and O–H groups in total. The zero-order chi connectivity index (χ0) is 17.7. The first kappa shape index (κ1) is 18.4. The van der Waals surface area contributed by atoms with E-state index in [0.29, 0.717) is 11.6 Å². The van der Waals surface area contributed by atoms with Crippen LogP contribution in [-0.2, 0) is 16.4 Å². The van der Waals surface area contributed by atoms with Gasteiger partial charge in [-0.3, -0.25) is 4.90 Å². The Morgan fingerprint density at radius 2 is 1.76 bits per heavy atom. The fraction of sp³-hybridized carbons (Fsp3) is 0.368. The quantitative estimate of drug-likeness (QED) is 0.804. The summed E-state index contributed by atoms with van der Waals surface area (Å²) in [5, 5.41) is 0.420. The minimum atomic E-state index is -3.56. The number of nitrogens with zero attached hydrogens (tertiary/aromatic N) is 1. The van der Waals surface area contributed by atoms with Crippen LogP contribution in [0.5, 0.6) is 0 Å². The molecule has 0 radical (unpaired) electrons. The molecule has 2 aromatic rings. The van der Waals surface area contributed by atoms with E-state index < -0.39 is 10.0 Å². The summed E-state index contributed by atoms with van der Waals surface area (Å²) in [6.45, 7) is 2.44. The van der Waals surface area contributed by atoms with Gasteiger partial charge in [0.1, 0.15) is 0 Å². The van der Waals surface area contributed by atoms with Crippen molar-refractivity contribution in [3.8, 4) is 0 Å². The summed E-state index contributed by atoms with van der Waals surface area (Å²) >= 11 is 5.92. The van der Waals surface area contributed by atoms with Crippen LogP contribution in [0.4, 0.5) is 0 Å². The van der Waals surface area contributed by atoms with Gasteiger partial charge in [-0.25, -0.2) is 13.1 Å². The van der Waals surface area contributed by atoms with Crippen molar-refractivity contribution in [2.24, 2.45) is 0 Å². The van der Waals surface area contributed by atoms with E-state index in [1.165, 1.54) is 24.5 Å². The number of sulfonamides is 1. The molecule has 0 saturated carbocycles. The summed E-state index contributed by atoms with van der Waals surface area (Å²) < 4.78 is 27.9. The van der Waals surface area contributed by atoms with Crippen LogP contribution in [0.2, 0.25) is 5.02 Å². The van der Waals surface area contributed by atoms with Crippen molar-refractivity contribution in [1.82, 2.24) is 9.62 Å². The molecule has 0 aliphatic carbocycles. The molecule has 2 aromatic carbocycles. The average Bonchev–Trinajstić information content (AvgIpc) is 3.14. The highest BCUT2D eigenvalue weighted by atomic mass is 35.5. The molecule has 3 rings (SSSR count). The highest BCUT2D eigenvalue weighted by molar-refractivity contribution is 7.89. The van der Waals surface area contributed by atoms with Crippen LogP contribution in [-0.4, -0.2) is 39.0 Å². The SMILES string of the molecule is O=S(=O)(NCC(Cc1ccccc1)N1CCCC1)c1cccc(Cl)c1. The van der Waals surface area contributed by atoms with Gasteiger partial charge in [0, 0.05) is 17.6 Å². The lowest BCUT2D eigenvalue weighted by molar-refractivity contribution is 0.241. The molecule has 25 heavy (non-hydrogen) atoms. The standard InChI is InChI=1S/C19H23ClN2O2S/c20-17-9-6-10-19(14-17)25(23,24)21-15-18(22-11-4-5-12-22)13-16-7-2-1-3-8-16/h1-3,6-10,14,18,21H,4-5,11-13,15H2. The minimum Gasteiger partial charge on any atom is -0.299 e. The van der Waals surface area contributed by atoms with Gasteiger partial charge in [-0.05, 0) is 56.1 Å². The highest BCUT2D eigenvalue weighted by Crippen LogP contribution is 2.18. The second kappa shape index (κ2) is 8.32. The predicted molar refractivity (Wildman–Crippen MR) is 101 cm³/mol. The Morgan fingerprint density at radius 3 is 2.44 bits per heavy atom. The van der Waals surface area contributed by atoms with E-state index in [9.17, 15) is 8.42 Å². The molecule has 1 heterocycles. The largest absolute Gasteiger partial charge is 0.299 e. The Labute approximate surface area is 154 Å². The first-order chi connectivity index (χ1) is 12.0. The number of rotatable bonds is 7. The molecule has 1 atom stereocenters. The van der Waals surface area contributed by atoms with Gasteiger partial charge in [0.2, 0.25) is 10.0 Å². The summed E-state index contributed by atoms with van der Waals surface area (Å²) in [6, 6.07) is 16.7. The summed E-state index contributed by atoms with van der Waals surface area (Å²) in [5.41, 5.74) is 1.22. The van der Waals surface area contributed by atoms with Crippen LogP contribution in [0.3, 0.4) is 0 Å². The summed E-state index contributed by atoms with van der Waals surface area (Å²) in [7, 11) is -3.56. The third-order valence-corrected chi connectivity index (χ3v) is 6.24. The molecule has 1 unspecified atom stereocenters. The van der Waals surface area contributed by atoms with Crippen molar-refractivity contribution in [1.29, 1.82) is 0 Å². The molecule has 0 aromatic heterocycles. The van der Waals surface area contributed by atoms with Gasteiger partial charge >= 0.3 is 0 Å². The summed E-state index contributed by atoms with van der Waals surface area (Å²) in [5.74, 6) is 0. The lowest BCUT2D eigenvalue weighted by Crippen LogP contribution is -2.43. The molecule has 134 valence electrons. The van der Waals surface area contributed by atoms with Crippen LogP contribution in [0.15, 0.2) is 59.5 Å². The molecule has 6 heteroatoms. The van der Waals surface area contributed by atoms with Crippen molar-refractivity contribution in [2.45, 2.75) is 30.2 Å². The van der Waals surface area contributed by atoms with Crippen LogP contribution in [0, 0.1) is 0 Å². The van der Waals surface area contributed by atoms with Crippen LogP contribution in [0.25, 0.3) is 0 Å². The Bertz CT molecular complexity index is 790. The van der Waals surface area contributed by atoms with Crippen LogP contribution >= 0.6 is 11.6 Å². The molecule has 0 spiro atoms. The maximum atomic E-state index is 12.6. The Balaban J connectivity index is 1.71. The van der Waals surface area contributed by atoms with Gasteiger partial charge in [-0.1, -0.05) is 48.0 Å². The lowest BCUT2D eigenvalue weighted by Gasteiger charge is -2.28. The molecule has 1 aliphatic heterocycles. The number of nitrogens with one attached hydrogen (secondary N) is 1. The average molecular weight is 379 g/mol. The van der Waals surface area contributed by atoms with E-state index in [0.717, 1.165) is 19.5 Å². The molecular weight excluding hydrogens is 356 g/mol. The maximum absolute atomic E-state index is 12.6. The fourth-order valence-corrected chi connectivity index (χ4v) is 4.62. The smallest absolute Gasteiger partial charge is 0.240 e. The zero-order valence-corrected chi connectivity index (χ0v) is 15.6. The van der Waals surface area contributed by atoms with Gasteiger partial charge in [-0.15, -0.1) is 0 Å². The Kier molecular flexibility index (Phi) is 6.12. The van der Waals surface area contributed by atoms with Crippen molar-refractivity contribution in [2.75, 3.05) is 19.6 Å². The Hall–Kier alpha value is -1.40. The van der Waals surface area contributed by atoms with E-state index >= 15 is 0 Å². The highest BCUT2D eigenvalue weighted by Gasteiger charge is 2.24. The fourth-order valence-electron chi connectivity index (χ4n) is 3.25. The molecule has 0 amide bonds. The first-order valence-corrected chi connectivity index (χ1v) is 10.4. The van der Waals surface area contributed by atoms with E-state index in [-0.39, 0.29) is 10.9 Å². The molecule has 1 aliphatic rings. The minimum absolute atomic E-state index is 0.152. The normalized spacial score (nSPS) is 16.8. The maximum Gasteiger partial charge on any atom is 0.240 e. The van der Waals surface area contributed by atoms with Gasteiger partial charge in [-0.2, -0.15) is 0 Å².